The normalized spacial score (nSPS) is 27.0. The van der Waals surface area contributed by atoms with Crippen molar-refractivity contribution in [1.29, 1.82) is 0 Å². The van der Waals surface area contributed by atoms with E-state index in [1.807, 2.05) is 21.6 Å². The van der Waals surface area contributed by atoms with Crippen LogP contribution in [0.1, 0.15) is 20.3 Å². The van der Waals surface area contributed by atoms with Crippen molar-refractivity contribution in [1.82, 2.24) is 0 Å². The van der Waals surface area contributed by atoms with Crippen LogP contribution in [0, 0.1) is 0 Å². The van der Waals surface area contributed by atoms with Gasteiger partial charge < -0.3 is 0 Å². The van der Waals surface area contributed by atoms with Crippen LogP contribution < -0.4 is 0 Å². The van der Waals surface area contributed by atoms with Gasteiger partial charge in [0.15, 0.2) is 0 Å². The first kappa shape index (κ1) is 4.85. The summed E-state index contributed by atoms with van der Waals surface area (Å²) >= 11 is 0. The van der Waals surface area contributed by atoms with Crippen molar-refractivity contribution in [3.05, 3.63) is 0 Å². The van der Waals surface area contributed by atoms with Gasteiger partial charge in [0.25, 0.3) is 0 Å². The lowest BCUT2D eigenvalue weighted by Gasteiger charge is -1.91. The molecular weight excluding hydrogens is 112 g/mol. The molecule has 0 bridgehead atoms. The van der Waals surface area contributed by atoms with Gasteiger partial charge in [0.1, 0.15) is 0 Å². The van der Waals surface area contributed by atoms with E-state index in [9.17, 15) is 0 Å². The molecule has 1 fully saturated rings. The molecule has 0 aromatic heterocycles. The van der Waals surface area contributed by atoms with Crippen molar-refractivity contribution in [2.24, 2.45) is 0 Å². The zero-order valence-electron chi connectivity index (χ0n) is 4.02. The summed E-state index contributed by atoms with van der Waals surface area (Å²) in [5, 5.41) is 0. The molecule has 6 heavy (non-hydrogen) atoms. The largest absolute Gasteiger partial charge is 0.0787 e. The lowest BCUT2D eigenvalue weighted by atomic mass is 10.4. The van der Waals surface area contributed by atoms with Crippen LogP contribution in [-0.4, -0.2) is 4.08 Å². The van der Waals surface area contributed by atoms with Gasteiger partial charge in [-0.1, -0.05) is 28.5 Å². The zero-order chi connectivity index (χ0) is 4.62. The number of hydrogen-bond acceptors (Lipinski definition) is 2. The highest BCUT2D eigenvalue weighted by molar-refractivity contribution is 8.93. The molecule has 0 aromatic carbocycles. The standard InChI is InChI=1S/C4H8S2/c1-3-4(2)5-6-4/h3H2,1-2H3. The third-order valence-corrected chi connectivity index (χ3v) is 4.53. The summed E-state index contributed by atoms with van der Waals surface area (Å²) in [6, 6.07) is 0. The van der Waals surface area contributed by atoms with E-state index in [2.05, 4.69) is 13.8 Å². The monoisotopic (exact) mass is 120 g/mol. The average molecular weight is 120 g/mol. The summed E-state index contributed by atoms with van der Waals surface area (Å²) < 4.78 is 0.625. The van der Waals surface area contributed by atoms with E-state index < -0.39 is 0 Å². The van der Waals surface area contributed by atoms with Gasteiger partial charge in [-0.25, -0.2) is 0 Å². The predicted molar refractivity (Wildman–Crippen MR) is 33.9 cm³/mol. The number of rotatable bonds is 1. The van der Waals surface area contributed by atoms with Crippen molar-refractivity contribution >= 4 is 21.6 Å². The number of hydrogen-bond donors (Lipinski definition) is 0. The minimum atomic E-state index is 0.625. The van der Waals surface area contributed by atoms with Gasteiger partial charge in [0.05, 0.1) is 4.08 Å². The van der Waals surface area contributed by atoms with Crippen LogP contribution in [0.4, 0.5) is 0 Å². The molecular formula is C4H8S2. The summed E-state index contributed by atoms with van der Waals surface area (Å²) in [6.45, 7) is 4.51. The molecule has 2 heteroatoms. The van der Waals surface area contributed by atoms with Gasteiger partial charge in [0, 0.05) is 0 Å². The van der Waals surface area contributed by atoms with E-state index in [1.165, 1.54) is 6.42 Å². The molecule has 0 nitrogen and oxygen atoms in total. The Labute approximate surface area is 46.5 Å². The topological polar surface area (TPSA) is 0 Å². The Morgan fingerprint density at radius 1 is 1.50 bits per heavy atom. The van der Waals surface area contributed by atoms with Crippen LogP contribution in [0.15, 0.2) is 0 Å². The maximum Gasteiger partial charge on any atom is 0.0787 e. The van der Waals surface area contributed by atoms with Gasteiger partial charge >= 0.3 is 0 Å². The first-order valence-corrected chi connectivity index (χ1v) is 4.29. The molecule has 1 aliphatic heterocycles. The molecule has 1 heterocycles. The maximum atomic E-state index is 2.28. The van der Waals surface area contributed by atoms with Gasteiger partial charge in [-0.15, -0.1) is 0 Å². The quantitative estimate of drug-likeness (QED) is 0.385. The maximum absolute atomic E-state index is 2.28. The van der Waals surface area contributed by atoms with Gasteiger partial charge in [0.2, 0.25) is 0 Å². The van der Waals surface area contributed by atoms with Gasteiger partial charge in [-0.2, -0.15) is 0 Å². The van der Waals surface area contributed by atoms with E-state index in [1.54, 1.807) is 0 Å². The van der Waals surface area contributed by atoms with Crippen molar-refractivity contribution in [2.45, 2.75) is 24.3 Å². The van der Waals surface area contributed by atoms with Crippen molar-refractivity contribution in [3.63, 3.8) is 0 Å². The zero-order valence-corrected chi connectivity index (χ0v) is 5.66. The van der Waals surface area contributed by atoms with E-state index >= 15 is 0 Å². The third-order valence-electron chi connectivity index (χ3n) is 1.01. The molecule has 1 saturated heterocycles. The Bertz CT molecular complexity index is 56.6. The molecule has 0 atom stereocenters. The van der Waals surface area contributed by atoms with Crippen LogP contribution in [0.3, 0.4) is 0 Å². The molecule has 1 rings (SSSR count). The van der Waals surface area contributed by atoms with E-state index in [0.29, 0.717) is 4.08 Å². The highest BCUT2D eigenvalue weighted by atomic mass is 33.2. The minimum absolute atomic E-state index is 0.625. The summed E-state index contributed by atoms with van der Waals surface area (Å²) in [5.41, 5.74) is 0. The molecule has 0 radical (unpaired) electrons. The van der Waals surface area contributed by atoms with Crippen LogP contribution in [-0.2, 0) is 0 Å². The Morgan fingerprint density at radius 3 is 2.00 bits per heavy atom. The fourth-order valence-corrected chi connectivity index (χ4v) is 1.70. The molecule has 0 saturated carbocycles. The fraction of sp³-hybridized carbons (Fsp3) is 1.00. The highest BCUT2D eigenvalue weighted by Crippen LogP contribution is 2.66. The molecule has 0 aliphatic carbocycles. The molecule has 36 valence electrons. The van der Waals surface area contributed by atoms with E-state index in [-0.39, 0.29) is 0 Å². The summed E-state index contributed by atoms with van der Waals surface area (Å²) in [5.74, 6) is 0. The van der Waals surface area contributed by atoms with Crippen LogP contribution >= 0.6 is 21.6 Å². The Hall–Kier alpha value is 0.700. The Morgan fingerprint density at radius 2 is 2.00 bits per heavy atom. The lowest BCUT2D eigenvalue weighted by Crippen LogP contribution is -1.90. The van der Waals surface area contributed by atoms with Crippen molar-refractivity contribution < 1.29 is 0 Å². The second-order valence-electron chi connectivity index (χ2n) is 1.65. The van der Waals surface area contributed by atoms with Gasteiger partial charge in [-0.05, 0) is 13.3 Å². The first-order chi connectivity index (χ1) is 2.77. The molecule has 0 amide bonds. The molecule has 0 spiro atoms. The van der Waals surface area contributed by atoms with E-state index in [4.69, 9.17) is 0 Å². The average Bonchev–Trinajstić information content (AvgIpc) is 2.22. The molecule has 0 unspecified atom stereocenters. The predicted octanol–water partition coefficient (Wildman–Crippen LogP) is 2.51. The second-order valence-corrected chi connectivity index (χ2v) is 5.05. The van der Waals surface area contributed by atoms with Crippen LogP contribution in [0.5, 0.6) is 0 Å². The molecule has 0 aromatic rings. The lowest BCUT2D eigenvalue weighted by molar-refractivity contribution is 0.874. The van der Waals surface area contributed by atoms with Gasteiger partial charge in [-0.3, -0.25) is 0 Å². The van der Waals surface area contributed by atoms with Crippen molar-refractivity contribution in [2.75, 3.05) is 0 Å². The van der Waals surface area contributed by atoms with Crippen LogP contribution in [0.2, 0.25) is 0 Å². The van der Waals surface area contributed by atoms with E-state index in [0.717, 1.165) is 0 Å². The second kappa shape index (κ2) is 1.34. The highest BCUT2D eigenvalue weighted by Gasteiger charge is 2.38. The summed E-state index contributed by atoms with van der Waals surface area (Å²) in [6.07, 6.45) is 1.31. The summed E-state index contributed by atoms with van der Waals surface area (Å²) in [4.78, 5) is 0. The SMILES string of the molecule is CCC1(C)SS1. The Balaban J connectivity index is 2.28. The van der Waals surface area contributed by atoms with Crippen molar-refractivity contribution in [3.8, 4) is 0 Å². The Kier molecular flexibility index (Phi) is 1.08. The van der Waals surface area contributed by atoms with Crippen LogP contribution in [0.25, 0.3) is 0 Å². The summed E-state index contributed by atoms with van der Waals surface area (Å²) in [7, 11) is 3.97. The third kappa shape index (κ3) is 0.850. The fourth-order valence-electron chi connectivity index (χ4n) is 0.189. The first-order valence-electron chi connectivity index (χ1n) is 2.14. The minimum Gasteiger partial charge on any atom is -0.0742 e. The molecule has 1 aliphatic rings. The smallest absolute Gasteiger partial charge is 0.0742 e. The molecule has 0 N–H and O–H groups in total.